The van der Waals surface area contributed by atoms with Crippen LogP contribution in [-0.4, -0.2) is 73.0 Å². The molecule has 0 radical (unpaired) electrons. The van der Waals surface area contributed by atoms with Gasteiger partial charge in [0.25, 0.3) is 11.8 Å². The molecule has 0 spiro atoms. The first-order valence-electron chi connectivity index (χ1n) is 18.2. The molecule has 4 heterocycles. The zero-order valence-electron chi connectivity index (χ0n) is 30.7. The van der Waals surface area contributed by atoms with Crippen molar-refractivity contribution in [3.05, 3.63) is 177 Å². The van der Waals surface area contributed by atoms with E-state index in [1.54, 1.807) is 28.5 Å². The number of amides is 3. The number of nitrogens with zero attached hydrogens (tertiary/aromatic N) is 4. The topological polar surface area (TPSA) is 168 Å². The Labute approximate surface area is 340 Å². The molecule has 3 amide bonds. The number of anilines is 1. The van der Waals surface area contributed by atoms with E-state index in [1.807, 2.05) is 91.0 Å². The first-order valence-corrected chi connectivity index (χ1v) is 20.2. The number of nitrogen functional groups attached to an aromatic ring is 1. The summed E-state index contributed by atoms with van der Waals surface area (Å²) in [4.78, 5) is 67.7. The molecule has 3 aliphatic heterocycles. The monoisotopic (exact) mass is 814 g/mol. The Hall–Kier alpha value is -6.58. The highest BCUT2D eigenvalue weighted by Crippen LogP contribution is 2.43. The summed E-state index contributed by atoms with van der Waals surface area (Å²) in [5.41, 5.74) is 7.99. The average molecular weight is 815 g/mol. The number of rotatable bonds is 12. The van der Waals surface area contributed by atoms with Crippen LogP contribution in [0.5, 0.6) is 0 Å². The maximum atomic E-state index is 14.3. The molecule has 3 aliphatic rings. The van der Waals surface area contributed by atoms with Crippen molar-refractivity contribution in [2.75, 3.05) is 18.0 Å². The van der Waals surface area contributed by atoms with E-state index in [1.165, 1.54) is 23.9 Å². The summed E-state index contributed by atoms with van der Waals surface area (Å²) in [6, 6.07) is 33.1. The summed E-state index contributed by atoms with van der Waals surface area (Å²) in [5, 5.41) is 18.6. The number of nitrogens with two attached hydrogens (primary N) is 1. The minimum absolute atomic E-state index is 0.123. The van der Waals surface area contributed by atoms with Gasteiger partial charge in [-0.05, 0) is 35.8 Å². The number of nitrogens with one attached hydrogen (secondary N) is 1. The molecule has 58 heavy (non-hydrogen) atoms. The summed E-state index contributed by atoms with van der Waals surface area (Å²) in [7, 11) is 0. The molecule has 0 aliphatic carbocycles. The molecule has 4 N–H and O–H groups in total. The van der Waals surface area contributed by atoms with E-state index in [9.17, 15) is 28.7 Å². The maximum absolute atomic E-state index is 14.3. The number of thiazole rings is 1. The van der Waals surface area contributed by atoms with Gasteiger partial charge in [0.05, 0.1) is 0 Å². The largest absolute Gasteiger partial charge is 0.477 e. The van der Waals surface area contributed by atoms with Crippen molar-refractivity contribution in [3.8, 4) is 0 Å². The van der Waals surface area contributed by atoms with Gasteiger partial charge in [-0.1, -0.05) is 108 Å². The predicted octanol–water partition coefficient (Wildman–Crippen LogP) is 5.67. The van der Waals surface area contributed by atoms with Gasteiger partial charge in [0, 0.05) is 46.5 Å². The number of carboxylic acid groups (broad SMARTS) is 1. The lowest BCUT2D eigenvalue weighted by Gasteiger charge is -2.49. The first kappa shape index (κ1) is 38.3. The second-order valence-electron chi connectivity index (χ2n) is 13.7. The number of carbonyl (C=O) groups is 4. The molecule has 2 fully saturated rings. The van der Waals surface area contributed by atoms with Crippen molar-refractivity contribution < 1.29 is 33.5 Å². The number of halogens is 1. The van der Waals surface area contributed by atoms with Crippen LogP contribution < -0.4 is 11.1 Å². The molecule has 292 valence electrons. The van der Waals surface area contributed by atoms with Gasteiger partial charge in [-0.25, -0.2) is 14.2 Å². The molecule has 1 aromatic heterocycles. The van der Waals surface area contributed by atoms with Crippen LogP contribution in [0.25, 0.3) is 0 Å². The molecule has 15 heteroatoms. The number of carbonyl (C=O) groups excluding carboxylic acids is 3. The van der Waals surface area contributed by atoms with Crippen LogP contribution >= 0.6 is 23.1 Å². The fourth-order valence-corrected chi connectivity index (χ4v) is 9.18. The molecule has 8 rings (SSSR count). The van der Waals surface area contributed by atoms with Crippen LogP contribution in [0.1, 0.15) is 34.4 Å². The minimum Gasteiger partial charge on any atom is -0.477 e. The number of carboxylic acids is 1. The van der Waals surface area contributed by atoms with Gasteiger partial charge >= 0.3 is 5.97 Å². The Morgan fingerprint density at radius 2 is 1.55 bits per heavy atom. The smallest absolute Gasteiger partial charge is 0.352 e. The van der Waals surface area contributed by atoms with E-state index in [2.05, 4.69) is 15.5 Å². The van der Waals surface area contributed by atoms with E-state index in [4.69, 9.17) is 10.6 Å². The summed E-state index contributed by atoms with van der Waals surface area (Å²) >= 11 is 2.37. The fourth-order valence-electron chi connectivity index (χ4n) is 7.33. The number of fused-ring (bicyclic) bond motifs is 1. The Morgan fingerprint density at radius 3 is 2.10 bits per heavy atom. The molecule has 0 bridgehead atoms. The van der Waals surface area contributed by atoms with Gasteiger partial charge < -0.3 is 25.9 Å². The third kappa shape index (κ3) is 7.25. The maximum Gasteiger partial charge on any atom is 0.352 e. The molecular formula is C43H35FN6O6S2. The van der Waals surface area contributed by atoms with Crippen molar-refractivity contribution >= 4 is 57.6 Å². The third-order valence-corrected chi connectivity index (χ3v) is 12.1. The zero-order valence-corrected chi connectivity index (χ0v) is 32.3. The standard InChI is InChI=1S/C43H35FN6O6S2/c44-32-18-16-26(17-19-32)23-49-21-20-27(38(49)52)22-28-24-57-40-35(39(53)50(40)36(28)41(54)55)47-37(51)34(33-25-58-42(45)46-33)48-56-43(29-10-4-1-5-11-29,30-12-6-2-7-13-30)31-14-8-3-9-15-31/h1-19,22,25,35,40H,20-21,23-24H2,(H2,45,46)(H,47,51)(H,54,55)/t35-,40-/m1/s1. The van der Waals surface area contributed by atoms with Crippen LogP contribution in [0.2, 0.25) is 0 Å². The molecule has 12 nitrogen and oxygen atoms in total. The number of hydrogen-bond acceptors (Lipinski definition) is 10. The van der Waals surface area contributed by atoms with E-state index >= 15 is 0 Å². The highest BCUT2D eigenvalue weighted by atomic mass is 32.2. The predicted molar refractivity (Wildman–Crippen MR) is 218 cm³/mol. The number of likely N-dealkylation sites (tertiary alicyclic amines) is 1. The normalized spacial score (nSPS) is 18.9. The number of allylic oxidation sites excluding steroid dienone is 1. The second-order valence-corrected chi connectivity index (χ2v) is 15.7. The van der Waals surface area contributed by atoms with E-state index < -0.39 is 34.8 Å². The average Bonchev–Trinajstić information content (AvgIpc) is 3.83. The first-order chi connectivity index (χ1) is 28.1. The lowest BCUT2D eigenvalue weighted by atomic mass is 9.80. The molecule has 5 aromatic rings. The summed E-state index contributed by atoms with van der Waals surface area (Å²) in [6.45, 7) is 0.686. The van der Waals surface area contributed by atoms with Crippen molar-refractivity contribution in [2.24, 2.45) is 5.16 Å². The molecule has 0 saturated carbocycles. The number of β-lactam (4-membered cyclic amide) rings is 1. The molecule has 2 saturated heterocycles. The molecule has 0 unspecified atom stereocenters. The summed E-state index contributed by atoms with van der Waals surface area (Å²) in [6.07, 6.45) is 1.93. The zero-order chi connectivity index (χ0) is 40.4. The molecule has 4 aromatic carbocycles. The van der Waals surface area contributed by atoms with Crippen molar-refractivity contribution in [3.63, 3.8) is 0 Å². The van der Waals surface area contributed by atoms with E-state index in [0.717, 1.165) is 38.5 Å². The van der Waals surface area contributed by atoms with Crippen LogP contribution in [0.15, 0.2) is 149 Å². The Morgan fingerprint density at radius 1 is 0.948 bits per heavy atom. The number of aliphatic carboxylic acids is 1. The Kier molecular flexibility index (Phi) is 10.6. The minimum atomic E-state index is -1.34. The quantitative estimate of drug-likeness (QED) is 0.0473. The lowest BCUT2D eigenvalue weighted by Crippen LogP contribution is -2.71. The SMILES string of the molecule is Nc1nc(C(=NOC(c2ccccc2)(c2ccccc2)c2ccccc2)C(=O)N[C@@H]2C(=O)N3C(C(=O)O)=C(C=C4CCN(Cc5ccc(F)cc5)C4=O)CS[C@H]23)cs1. The summed E-state index contributed by atoms with van der Waals surface area (Å²) < 4.78 is 13.4. The van der Waals surface area contributed by atoms with Gasteiger partial charge in [0.2, 0.25) is 11.5 Å². The van der Waals surface area contributed by atoms with Gasteiger partial charge in [-0.3, -0.25) is 19.3 Å². The van der Waals surface area contributed by atoms with Gasteiger partial charge in [0.1, 0.15) is 28.6 Å². The Balaban J connectivity index is 1.07. The number of hydrogen-bond donors (Lipinski definition) is 3. The van der Waals surface area contributed by atoms with Crippen molar-refractivity contribution in [2.45, 2.75) is 30.0 Å². The van der Waals surface area contributed by atoms with Crippen molar-refractivity contribution in [1.82, 2.24) is 20.1 Å². The highest BCUT2D eigenvalue weighted by molar-refractivity contribution is 8.00. The fraction of sp³-hybridized carbons (Fsp3) is 0.163. The number of thioether (sulfide) groups is 1. The second kappa shape index (κ2) is 16.1. The number of aromatic nitrogens is 1. The van der Waals surface area contributed by atoms with Crippen LogP contribution in [0.4, 0.5) is 9.52 Å². The van der Waals surface area contributed by atoms with Gasteiger partial charge in [0.15, 0.2) is 10.8 Å². The Bertz CT molecular complexity index is 2380. The molecule has 2 atom stereocenters. The lowest BCUT2D eigenvalue weighted by molar-refractivity contribution is -0.150. The summed E-state index contributed by atoms with van der Waals surface area (Å²) in [5.74, 6) is -3.23. The molecular weight excluding hydrogens is 780 g/mol. The van der Waals surface area contributed by atoms with Gasteiger partial charge in [-0.2, -0.15) is 0 Å². The van der Waals surface area contributed by atoms with Crippen LogP contribution in [0, 0.1) is 5.82 Å². The number of oxime groups is 1. The van der Waals surface area contributed by atoms with Gasteiger partial charge in [-0.15, -0.1) is 23.1 Å². The van der Waals surface area contributed by atoms with Crippen LogP contribution in [-0.2, 0) is 36.2 Å². The van der Waals surface area contributed by atoms with Crippen molar-refractivity contribution in [1.29, 1.82) is 0 Å². The van der Waals surface area contributed by atoms with E-state index in [-0.39, 0.29) is 46.3 Å². The third-order valence-electron chi connectivity index (χ3n) is 10.1. The van der Waals surface area contributed by atoms with E-state index in [0.29, 0.717) is 24.1 Å². The number of benzene rings is 4. The van der Waals surface area contributed by atoms with Crippen LogP contribution in [0.3, 0.4) is 0 Å². The highest BCUT2D eigenvalue weighted by Gasteiger charge is 2.54.